The van der Waals surface area contributed by atoms with E-state index in [1.54, 1.807) is 0 Å². The Bertz CT molecular complexity index is 412. The molecule has 0 radical (unpaired) electrons. The molecule has 3 nitrogen and oxygen atoms in total. The van der Waals surface area contributed by atoms with Crippen LogP contribution in [-0.4, -0.2) is 19.3 Å². The number of aliphatic hydroxyl groups excluding tert-OH is 1. The van der Waals surface area contributed by atoms with Crippen LogP contribution in [0.2, 0.25) is 23.7 Å². The van der Waals surface area contributed by atoms with Gasteiger partial charge in [-0.05, 0) is 5.56 Å². The SMILES string of the molecule is CC[Si](CC)(CC)C(C[P+](=O)[O-])C(O)c1ccccc1. The van der Waals surface area contributed by atoms with Crippen molar-refractivity contribution in [1.82, 2.24) is 0 Å². The fraction of sp³-hybridized carbons (Fsp3) is 0.600. The lowest BCUT2D eigenvalue weighted by Crippen LogP contribution is -2.42. The van der Waals surface area contributed by atoms with Crippen LogP contribution in [0.5, 0.6) is 0 Å². The Balaban J connectivity index is 3.14. The van der Waals surface area contributed by atoms with Gasteiger partial charge >= 0.3 is 8.03 Å². The van der Waals surface area contributed by atoms with Crippen molar-refractivity contribution in [1.29, 1.82) is 0 Å². The van der Waals surface area contributed by atoms with E-state index in [1.807, 2.05) is 30.3 Å². The largest absolute Gasteiger partial charge is 0.596 e. The molecular formula is C15H25O3PSi. The lowest BCUT2D eigenvalue weighted by molar-refractivity contribution is -0.164. The minimum Gasteiger partial charge on any atom is -0.596 e. The molecule has 0 bridgehead atoms. The molecule has 3 unspecified atom stereocenters. The maximum atomic E-state index is 11.3. The molecule has 112 valence electrons. The number of hydrogen-bond acceptors (Lipinski definition) is 3. The molecule has 1 aromatic rings. The molecule has 0 heterocycles. The lowest BCUT2D eigenvalue weighted by atomic mass is 10.1. The van der Waals surface area contributed by atoms with E-state index >= 15 is 0 Å². The van der Waals surface area contributed by atoms with Gasteiger partial charge in [0.15, 0.2) is 0 Å². The first-order valence-corrected chi connectivity index (χ1v) is 11.4. The highest BCUT2D eigenvalue weighted by molar-refractivity contribution is 7.36. The summed E-state index contributed by atoms with van der Waals surface area (Å²) in [7, 11) is -4.26. The fourth-order valence-corrected chi connectivity index (χ4v) is 9.66. The molecule has 0 spiro atoms. The normalized spacial score (nSPS) is 15.8. The van der Waals surface area contributed by atoms with E-state index in [0.717, 1.165) is 23.7 Å². The van der Waals surface area contributed by atoms with Crippen LogP contribution in [0.15, 0.2) is 30.3 Å². The van der Waals surface area contributed by atoms with Gasteiger partial charge in [0, 0.05) is 5.54 Å². The first-order chi connectivity index (χ1) is 9.50. The first-order valence-electron chi connectivity index (χ1n) is 7.35. The smallest absolute Gasteiger partial charge is 0.308 e. The van der Waals surface area contributed by atoms with Crippen molar-refractivity contribution in [3.63, 3.8) is 0 Å². The monoisotopic (exact) mass is 312 g/mol. The molecule has 0 aliphatic carbocycles. The Labute approximate surface area is 123 Å². The van der Waals surface area contributed by atoms with Crippen molar-refractivity contribution in [2.75, 3.05) is 6.16 Å². The third-order valence-electron chi connectivity index (χ3n) is 4.77. The molecule has 5 heteroatoms. The summed E-state index contributed by atoms with van der Waals surface area (Å²) < 4.78 is 11.3. The number of hydrogen-bond donors (Lipinski definition) is 1. The zero-order valence-corrected chi connectivity index (χ0v) is 14.5. The maximum Gasteiger partial charge on any atom is 0.308 e. The summed E-state index contributed by atoms with van der Waals surface area (Å²) in [5, 5.41) is 10.7. The zero-order chi connectivity index (χ0) is 15.2. The van der Waals surface area contributed by atoms with Crippen LogP contribution >= 0.6 is 8.03 Å². The minimum absolute atomic E-state index is 0.104. The van der Waals surface area contributed by atoms with Crippen LogP contribution < -0.4 is 4.89 Å². The van der Waals surface area contributed by atoms with E-state index in [2.05, 4.69) is 20.8 Å². The van der Waals surface area contributed by atoms with Crippen molar-refractivity contribution in [2.45, 2.75) is 50.5 Å². The summed E-state index contributed by atoms with van der Waals surface area (Å²) in [6.07, 6.45) is -0.566. The van der Waals surface area contributed by atoms with Gasteiger partial charge < -0.3 is 10.00 Å². The van der Waals surface area contributed by atoms with E-state index in [1.165, 1.54) is 0 Å². The van der Waals surface area contributed by atoms with Gasteiger partial charge in [-0.3, -0.25) is 0 Å². The Hall–Kier alpha value is -0.543. The summed E-state index contributed by atoms with van der Waals surface area (Å²) in [4.78, 5) is 11.3. The van der Waals surface area contributed by atoms with E-state index < -0.39 is 22.2 Å². The van der Waals surface area contributed by atoms with Gasteiger partial charge in [0.25, 0.3) is 0 Å². The van der Waals surface area contributed by atoms with Crippen molar-refractivity contribution in [3.8, 4) is 0 Å². The molecule has 0 aromatic heterocycles. The van der Waals surface area contributed by atoms with Gasteiger partial charge in [-0.25, -0.2) is 0 Å². The highest BCUT2D eigenvalue weighted by Gasteiger charge is 2.43. The zero-order valence-electron chi connectivity index (χ0n) is 12.6. The second kappa shape index (κ2) is 8.04. The van der Waals surface area contributed by atoms with Crippen molar-refractivity contribution >= 4 is 16.1 Å². The van der Waals surface area contributed by atoms with Gasteiger partial charge in [-0.1, -0.05) is 73.8 Å². The summed E-state index contributed by atoms with van der Waals surface area (Å²) in [5.74, 6) is 0. The molecule has 0 saturated carbocycles. The fourth-order valence-electron chi connectivity index (χ4n) is 3.21. The number of aliphatic hydroxyl groups is 1. The molecule has 0 fully saturated rings. The first kappa shape index (κ1) is 17.5. The van der Waals surface area contributed by atoms with E-state index in [9.17, 15) is 14.6 Å². The van der Waals surface area contributed by atoms with Gasteiger partial charge in [0.05, 0.1) is 14.2 Å². The van der Waals surface area contributed by atoms with Crippen LogP contribution in [0.1, 0.15) is 32.4 Å². The molecule has 1 rings (SSSR count). The summed E-state index contributed by atoms with van der Waals surface area (Å²) >= 11 is 0. The minimum atomic E-state index is -2.47. The average Bonchev–Trinajstić information content (AvgIpc) is 2.48. The van der Waals surface area contributed by atoms with E-state index in [0.29, 0.717) is 0 Å². The molecule has 0 aliphatic rings. The second-order valence-electron chi connectivity index (χ2n) is 5.40. The van der Waals surface area contributed by atoms with Crippen LogP contribution in [-0.2, 0) is 4.57 Å². The quantitative estimate of drug-likeness (QED) is 0.588. The summed E-state index contributed by atoms with van der Waals surface area (Å²) in [5.41, 5.74) is 0.715. The predicted octanol–water partition coefficient (Wildman–Crippen LogP) is 3.70. The Morgan fingerprint density at radius 3 is 2.05 bits per heavy atom. The Morgan fingerprint density at radius 2 is 1.65 bits per heavy atom. The third-order valence-corrected chi connectivity index (χ3v) is 12.1. The van der Waals surface area contributed by atoms with E-state index in [-0.39, 0.29) is 11.7 Å². The Kier molecular flexibility index (Phi) is 7.03. The van der Waals surface area contributed by atoms with Crippen molar-refractivity contribution < 1.29 is 14.6 Å². The molecule has 1 aromatic carbocycles. The van der Waals surface area contributed by atoms with Crippen LogP contribution in [0, 0.1) is 0 Å². The van der Waals surface area contributed by atoms with Gasteiger partial charge in [-0.15, -0.1) is 0 Å². The van der Waals surface area contributed by atoms with E-state index in [4.69, 9.17) is 0 Å². The van der Waals surface area contributed by atoms with Crippen molar-refractivity contribution in [3.05, 3.63) is 35.9 Å². The van der Waals surface area contributed by atoms with Gasteiger partial charge in [0.2, 0.25) is 0 Å². The van der Waals surface area contributed by atoms with Gasteiger partial charge in [-0.2, -0.15) is 0 Å². The summed E-state index contributed by atoms with van der Waals surface area (Å²) in [6, 6.07) is 12.5. The standard InChI is InChI=1S/C15H25O3PSi/c1-4-20(5-2,6-3)14(12-19(17)18)15(16)13-10-8-7-9-11-13/h7-11,14-16H,4-6,12H2,1-3H3. The van der Waals surface area contributed by atoms with Crippen LogP contribution in [0.4, 0.5) is 0 Å². The average molecular weight is 312 g/mol. The van der Waals surface area contributed by atoms with Gasteiger partial charge in [0.1, 0.15) is 6.16 Å². The highest BCUT2D eigenvalue weighted by atomic mass is 31.1. The van der Waals surface area contributed by atoms with Crippen LogP contribution in [0.25, 0.3) is 0 Å². The highest BCUT2D eigenvalue weighted by Crippen LogP contribution is 2.44. The second-order valence-corrected chi connectivity index (χ2v) is 12.0. The maximum absolute atomic E-state index is 11.3. The Morgan fingerprint density at radius 1 is 1.15 bits per heavy atom. The topological polar surface area (TPSA) is 60.4 Å². The predicted molar refractivity (Wildman–Crippen MR) is 84.8 cm³/mol. The molecule has 1 N–H and O–H groups in total. The third kappa shape index (κ3) is 3.98. The van der Waals surface area contributed by atoms with Crippen LogP contribution in [0.3, 0.4) is 0 Å². The molecule has 3 atom stereocenters. The molecular weight excluding hydrogens is 287 g/mol. The molecule has 0 amide bonds. The lowest BCUT2D eigenvalue weighted by Gasteiger charge is -2.38. The molecule has 0 saturated heterocycles. The summed E-state index contributed by atoms with van der Waals surface area (Å²) in [6.45, 7) is 6.42. The number of rotatable bonds is 8. The number of benzene rings is 1. The molecule has 20 heavy (non-hydrogen) atoms. The van der Waals surface area contributed by atoms with Crippen molar-refractivity contribution in [2.24, 2.45) is 0 Å². The molecule has 0 aliphatic heterocycles.